The fourth-order valence-corrected chi connectivity index (χ4v) is 2.69. The number of amides is 1. The third-order valence-electron chi connectivity index (χ3n) is 2.99. The van der Waals surface area contributed by atoms with E-state index in [4.69, 9.17) is 0 Å². The summed E-state index contributed by atoms with van der Waals surface area (Å²) in [5, 5.41) is 1.94. The molecule has 1 aliphatic carbocycles. The molecule has 1 fully saturated rings. The summed E-state index contributed by atoms with van der Waals surface area (Å²) in [7, 11) is -4.04. The summed E-state index contributed by atoms with van der Waals surface area (Å²) >= 11 is 0. The second-order valence-corrected chi connectivity index (χ2v) is 6.83. The average molecular weight is 322 g/mol. The SMILES string of the molecule is O=C(CS(=O)(=O)c1ccc(C(F)(F)F)cn1)NCC1CC1. The van der Waals surface area contributed by atoms with Gasteiger partial charge >= 0.3 is 6.18 Å². The van der Waals surface area contributed by atoms with Crippen molar-refractivity contribution in [3.05, 3.63) is 23.9 Å². The average Bonchev–Trinajstić information content (AvgIpc) is 3.19. The Morgan fingerprint density at radius 3 is 2.48 bits per heavy atom. The maximum absolute atomic E-state index is 12.4. The van der Waals surface area contributed by atoms with Gasteiger partial charge in [0.05, 0.1) is 5.56 Å². The highest BCUT2D eigenvalue weighted by Gasteiger charge is 2.31. The predicted octanol–water partition coefficient (Wildman–Crippen LogP) is 1.40. The van der Waals surface area contributed by atoms with Crippen molar-refractivity contribution >= 4 is 15.7 Å². The molecule has 0 aromatic carbocycles. The number of alkyl halides is 3. The summed E-state index contributed by atoms with van der Waals surface area (Å²) in [4.78, 5) is 14.8. The van der Waals surface area contributed by atoms with E-state index in [1.165, 1.54) is 0 Å². The van der Waals surface area contributed by atoms with Crippen molar-refractivity contribution in [1.29, 1.82) is 0 Å². The third kappa shape index (κ3) is 4.42. The Kier molecular flexibility index (Phi) is 4.22. The Labute approximate surface area is 119 Å². The number of hydrogen-bond donors (Lipinski definition) is 1. The lowest BCUT2D eigenvalue weighted by Crippen LogP contribution is -2.32. The van der Waals surface area contributed by atoms with Gasteiger partial charge in [0.25, 0.3) is 0 Å². The zero-order valence-corrected chi connectivity index (χ0v) is 11.7. The van der Waals surface area contributed by atoms with Crippen LogP contribution in [-0.2, 0) is 20.8 Å². The molecular formula is C12H13F3N2O3S. The van der Waals surface area contributed by atoms with E-state index in [1.54, 1.807) is 0 Å². The molecule has 0 saturated heterocycles. The van der Waals surface area contributed by atoms with Crippen LogP contribution in [0.1, 0.15) is 18.4 Å². The smallest absolute Gasteiger partial charge is 0.355 e. The van der Waals surface area contributed by atoms with Crippen LogP contribution in [-0.4, -0.2) is 31.6 Å². The van der Waals surface area contributed by atoms with Crippen LogP contribution < -0.4 is 5.32 Å². The molecule has 0 aliphatic heterocycles. The summed E-state index contributed by atoms with van der Waals surface area (Å²) in [6, 6.07) is 1.38. The molecule has 0 bridgehead atoms. The van der Waals surface area contributed by atoms with E-state index >= 15 is 0 Å². The Morgan fingerprint density at radius 1 is 1.33 bits per heavy atom. The van der Waals surface area contributed by atoms with Crippen LogP contribution in [0.3, 0.4) is 0 Å². The lowest BCUT2D eigenvalue weighted by molar-refractivity contribution is -0.137. The molecule has 1 aromatic rings. The van der Waals surface area contributed by atoms with Crippen LogP contribution in [0.15, 0.2) is 23.4 Å². The second-order valence-electron chi connectivity index (χ2n) is 4.89. The lowest BCUT2D eigenvalue weighted by atomic mass is 10.3. The fraction of sp³-hybridized carbons (Fsp3) is 0.500. The van der Waals surface area contributed by atoms with E-state index < -0.39 is 38.3 Å². The molecule has 0 atom stereocenters. The normalized spacial score (nSPS) is 15.8. The number of hydrogen-bond acceptors (Lipinski definition) is 4. The summed E-state index contributed by atoms with van der Waals surface area (Å²) in [5.41, 5.74) is -1.04. The zero-order valence-electron chi connectivity index (χ0n) is 10.9. The van der Waals surface area contributed by atoms with Gasteiger partial charge in [0.1, 0.15) is 5.75 Å². The Balaban J connectivity index is 2.02. The van der Waals surface area contributed by atoms with Gasteiger partial charge in [0, 0.05) is 12.7 Å². The van der Waals surface area contributed by atoms with E-state index in [0.717, 1.165) is 18.9 Å². The van der Waals surface area contributed by atoms with E-state index in [2.05, 4.69) is 10.3 Å². The number of halogens is 3. The lowest BCUT2D eigenvalue weighted by Gasteiger charge is -2.08. The van der Waals surface area contributed by atoms with E-state index in [1.807, 2.05) is 0 Å². The van der Waals surface area contributed by atoms with Gasteiger partial charge in [-0.15, -0.1) is 0 Å². The Bertz CT molecular complexity index is 622. The molecule has 1 heterocycles. The third-order valence-corrected chi connectivity index (χ3v) is 4.51. The van der Waals surface area contributed by atoms with E-state index in [0.29, 0.717) is 24.7 Å². The highest BCUT2D eigenvalue weighted by Crippen LogP contribution is 2.29. The minimum atomic E-state index is -4.59. The van der Waals surface area contributed by atoms with Gasteiger partial charge in [-0.2, -0.15) is 13.2 Å². The van der Waals surface area contributed by atoms with Gasteiger partial charge in [-0.1, -0.05) is 0 Å². The zero-order chi connectivity index (χ0) is 15.7. The standard InChI is InChI=1S/C12H13F3N2O3S/c13-12(14,15)9-3-4-11(17-6-9)21(19,20)7-10(18)16-5-8-1-2-8/h3-4,6,8H,1-2,5,7H2,(H,16,18). The fourth-order valence-electron chi connectivity index (χ4n) is 1.61. The minimum Gasteiger partial charge on any atom is -0.355 e. The van der Waals surface area contributed by atoms with E-state index in [-0.39, 0.29) is 0 Å². The molecule has 1 aliphatic rings. The topological polar surface area (TPSA) is 76.1 Å². The number of carbonyl (C=O) groups excluding carboxylic acids is 1. The van der Waals surface area contributed by atoms with Gasteiger partial charge in [-0.3, -0.25) is 4.79 Å². The molecule has 1 amide bonds. The monoisotopic (exact) mass is 322 g/mol. The van der Waals surface area contributed by atoms with Crippen LogP contribution >= 0.6 is 0 Å². The molecule has 1 N–H and O–H groups in total. The minimum absolute atomic E-state index is 0.404. The molecule has 21 heavy (non-hydrogen) atoms. The summed E-state index contributed by atoms with van der Waals surface area (Å²) in [5.74, 6) is -1.10. The molecule has 0 unspecified atom stereocenters. The number of rotatable bonds is 5. The number of sulfone groups is 1. The first-order valence-corrected chi connectivity index (χ1v) is 7.86. The van der Waals surface area contributed by atoms with Crippen molar-refractivity contribution in [3.63, 3.8) is 0 Å². The molecule has 116 valence electrons. The van der Waals surface area contributed by atoms with Gasteiger partial charge in [-0.05, 0) is 30.9 Å². The van der Waals surface area contributed by atoms with Crippen LogP contribution in [0.25, 0.3) is 0 Å². The summed E-state index contributed by atoms with van der Waals surface area (Å²) in [6.07, 6.45) is -2.13. The molecular weight excluding hydrogens is 309 g/mol. The predicted molar refractivity (Wildman–Crippen MR) is 67.0 cm³/mol. The number of aromatic nitrogens is 1. The summed E-state index contributed by atoms with van der Waals surface area (Å²) < 4.78 is 60.8. The quantitative estimate of drug-likeness (QED) is 0.889. The Morgan fingerprint density at radius 2 is 2.00 bits per heavy atom. The van der Waals surface area contributed by atoms with Gasteiger partial charge in [-0.25, -0.2) is 13.4 Å². The first-order valence-electron chi connectivity index (χ1n) is 6.21. The number of nitrogens with zero attached hydrogens (tertiary/aromatic N) is 1. The van der Waals surface area contributed by atoms with E-state index in [9.17, 15) is 26.4 Å². The summed E-state index contributed by atoms with van der Waals surface area (Å²) in [6.45, 7) is 0.425. The number of carbonyl (C=O) groups is 1. The Hall–Kier alpha value is -1.64. The molecule has 0 radical (unpaired) electrons. The molecule has 2 rings (SSSR count). The maximum atomic E-state index is 12.4. The van der Waals surface area contributed by atoms with Crippen LogP contribution in [0.5, 0.6) is 0 Å². The first kappa shape index (κ1) is 15.7. The van der Waals surface area contributed by atoms with Crippen molar-refractivity contribution < 1.29 is 26.4 Å². The molecule has 9 heteroatoms. The molecule has 0 spiro atoms. The highest BCUT2D eigenvalue weighted by molar-refractivity contribution is 7.92. The number of nitrogens with one attached hydrogen (secondary N) is 1. The van der Waals surface area contributed by atoms with Crippen LogP contribution in [0.2, 0.25) is 0 Å². The van der Waals surface area contributed by atoms with Crippen molar-refractivity contribution in [2.24, 2.45) is 5.92 Å². The van der Waals surface area contributed by atoms with Crippen molar-refractivity contribution in [2.75, 3.05) is 12.3 Å². The van der Waals surface area contributed by atoms with Crippen molar-refractivity contribution in [3.8, 4) is 0 Å². The molecule has 1 aromatic heterocycles. The van der Waals surface area contributed by atoms with Crippen molar-refractivity contribution in [2.45, 2.75) is 24.0 Å². The van der Waals surface area contributed by atoms with Crippen LogP contribution in [0, 0.1) is 5.92 Å². The van der Waals surface area contributed by atoms with Crippen LogP contribution in [0.4, 0.5) is 13.2 Å². The van der Waals surface area contributed by atoms with Crippen molar-refractivity contribution in [1.82, 2.24) is 10.3 Å². The maximum Gasteiger partial charge on any atom is 0.417 e. The first-order chi connectivity index (χ1) is 9.68. The second kappa shape index (κ2) is 5.63. The molecule has 1 saturated carbocycles. The highest BCUT2D eigenvalue weighted by atomic mass is 32.2. The largest absolute Gasteiger partial charge is 0.417 e. The van der Waals surface area contributed by atoms with Gasteiger partial charge in [0.15, 0.2) is 5.03 Å². The number of pyridine rings is 1. The molecule has 5 nitrogen and oxygen atoms in total. The van der Waals surface area contributed by atoms with Gasteiger partial charge in [0.2, 0.25) is 15.7 Å². The van der Waals surface area contributed by atoms with Gasteiger partial charge < -0.3 is 5.32 Å².